The maximum absolute atomic E-state index is 12.4. The molecule has 3 saturated heterocycles. The zero-order valence-electron chi connectivity index (χ0n) is 24.7. The molecule has 224 valence electrons. The van der Waals surface area contributed by atoms with Crippen LogP contribution in [0.15, 0.2) is 36.0 Å². The Morgan fingerprint density at radius 2 is 1.85 bits per heavy atom. The van der Waals surface area contributed by atoms with Gasteiger partial charge in [-0.05, 0) is 45.6 Å². The van der Waals surface area contributed by atoms with E-state index in [1.807, 2.05) is 26.0 Å². The SMILES string of the molecule is COC(=O)C[C@@H]1CC2(CO2)[C@H](OC)[C@@H](/C=C/C(C)=C/C[C@@H]2O[C@H](C)[C@H](NC(=O)/C=C\[C@H](C)OC(C)=O)C[C@@H]2C)O1. The number of carbonyl (C=O) groups is 3. The van der Waals surface area contributed by atoms with Crippen LogP contribution in [0.25, 0.3) is 0 Å². The van der Waals surface area contributed by atoms with Gasteiger partial charge >= 0.3 is 11.9 Å². The van der Waals surface area contributed by atoms with E-state index in [1.165, 1.54) is 20.1 Å². The van der Waals surface area contributed by atoms with E-state index >= 15 is 0 Å². The molecule has 1 unspecified atom stereocenters. The van der Waals surface area contributed by atoms with E-state index < -0.39 is 17.7 Å². The summed E-state index contributed by atoms with van der Waals surface area (Å²) in [7, 11) is 3.03. The zero-order chi connectivity index (χ0) is 29.4. The lowest BCUT2D eigenvalue weighted by molar-refractivity contribution is -0.162. The molecular weight excluding hydrogens is 518 g/mol. The standard InChI is InChI=1S/C30H45NO9/c1-18(9-12-26-29(36-7)30(17-37-30)16-23(40-26)15-28(34)35-6)8-11-25-19(2)14-24(21(4)39-25)31-27(33)13-10-20(3)38-22(5)32/h8-10,12-13,19-21,23-26,29H,11,14-17H2,1-7H3,(H,31,33)/b12-9+,13-10-,18-8+/t19-,20-,21+,23+,24+,25-,26+,29+,30?/m0/s1. The number of hydrogen-bond acceptors (Lipinski definition) is 9. The molecule has 10 nitrogen and oxygen atoms in total. The van der Waals surface area contributed by atoms with Gasteiger partial charge in [0.25, 0.3) is 0 Å². The Labute approximate surface area is 237 Å². The fourth-order valence-electron chi connectivity index (χ4n) is 5.49. The Hall–Kier alpha value is -2.53. The van der Waals surface area contributed by atoms with Gasteiger partial charge in [-0.15, -0.1) is 0 Å². The van der Waals surface area contributed by atoms with Crippen LogP contribution < -0.4 is 5.32 Å². The lowest BCUT2D eigenvalue weighted by atomic mass is 9.87. The molecule has 0 aromatic rings. The third kappa shape index (κ3) is 8.99. The fourth-order valence-corrected chi connectivity index (χ4v) is 5.49. The van der Waals surface area contributed by atoms with Crippen LogP contribution in [0.4, 0.5) is 0 Å². The smallest absolute Gasteiger partial charge is 0.308 e. The summed E-state index contributed by atoms with van der Waals surface area (Å²) < 4.78 is 33.8. The predicted octanol–water partition coefficient (Wildman–Crippen LogP) is 3.19. The minimum atomic E-state index is -0.467. The average molecular weight is 564 g/mol. The van der Waals surface area contributed by atoms with Crippen molar-refractivity contribution in [3.63, 3.8) is 0 Å². The van der Waals surface area contributed by atoms with Crippen molar-refractivity contribution in [2.45, 2.75) is 109 Å². The molecule has 0 bridgehead atoms. The first-order valence-electron chi connectivity index (χ1n) is 14.0. The van der Waals surface area contributed by atoms with Crippen LogP contribution in [0.3, 0.4) is 0 Å². The Morgan fingerprint density at radius 1 is 1.12 bits per heavy atom. The summed E-state index contributed by atoms with van der Waals surface area (Å²) in [4.78, 5) is 35.2. The number of allylic oxidation sites excluding steroid dienone is 2. The molecule has 3 fully saturated rings. The molecule has 0 radical (unpaired) electrons. The van der Waals surface area contributed by atoms with E-state index in [-0.39, 0.29) is 60.8 Å². The van der Waals surface area contributed by atoms with Crippen molar-refractivity contribution in [1.29, 1.82) is 0 Å². The first-order valence-corrected chi connectivity index (χ1v) is 14.0. The Balaban J connectivity index is 1.52. The fraction of sp³-hybridized carbons (Fsp3) is 0.700. The van der Waals surface area contributed by atoms with Gasteiger partial charge in [-0.25, -0.2) is 0 Å². The lowest BCUT2D eigenvalue weighted by Crippen LogP contribution is -2.51. The first kappa shape index (κ1) is 32.0. The highest BCUT2D eigenvalue weighted by Crippen LogP contribution is 2.44. The molecule has 1 spiro atoms. The molecule has 3 heterocycles. The number of ether oxygens (including phenoxy) is 6. The number of epoxide rings is 1. The summed E-state index contributed by atoms with van der Waals surface area (Å²) in [5, 5.41) is 3.01. The summed E-state index contributed by atoms with van der Waals surface area (Å²) in [6.45, 7) is 9.75. The number of esters is 2. The highest BCUT2D eigenvalue weighted by molar-refractivity contribution is 5.87. The van der Waals surface area contributed by atoms with Crippen LogP contribution in [0.5, 0.6) is 0 Å². The molecule has 0 saturated carbocycles. The molecule has 3 rings (SSSR count). The third-order valence-corrected chi connectivity index (χ3v) is 7.77. The van der Waals surface area contributed by atoms with Gasteiger partial charge in [-0.1, -0.05) is 30.7 Å². The number of nitrogens with one attached hydrogen (secondary N) is 1. The van der Waals surface area contributed by atoms with Gasteiger partial charge in [0, 0.05) is 26.5 Å². The molecular formula is C30H45NO9. The zero-order valence-corrected chi connectivity index (χ0v) is 24.7. The van der Waals surface area contributed by atoms with Crippen LogP contribution in [0.1, 0.15) is 60.3 Å². The third-order valence-electron chi connectivity index (χ3n) is 7.77. The highest BCUT2D eigenvalue weighted by atomic mass is 16.6. The first-order chi connectivity index (χ1) is 19.0. The molecule has 1 N–H and O–H groups in total. The van der Waals surface area contributed by atoms with Gasteiger partial charge in [-0.2, -0.15) is 0 Å². The van der Waals surface area contributed by atoms with E-state index in [0.29, 0.717) is 13.0 Å². The summed E-state index contributed by atoms with van der Waals surface area (Å²) >= 11 is 0. The minimum absolute atomic E-state index is 0.0243. The predicted molar refractivity (Wildman–Crippen MR) is 147 cm³/mol. The molecule has 40 heavy (non-hydrogen) atoms. The van der Waals surface area contributed by atoms with Crippen LogP contribution in [-0.4, -0.2) is 86.9 Å². The second-order valence-corrected chi connectivity index (χ2v) is 11.1. The topological polar surface area (TPSA) is 122 Å². The van der Waals surface area contributed by atoms with E-state index in [0.717, 1.165) is 18.4 Å². The number of rotatable bonds is 11. The van der Waals surface area contributed by atoms with Crippen LogP contribution >= 0.6 is 0 Å². The van der Waals surface area contributed by atoms with Crippen molar-refractivity contribution in [2.24, 2.45) is 5.92 Å². The van der Waals surface area contributed by atoms with Crippen molar-refractivity contribution < 1.29 is 42.8 Å². The minimum Gasteiger partial charge on any atom is -0.469 e. The largest absolute Gasteiger partial charge is 0.469 e. The molecule has 9 atom stereocenters. The van der Waals surface area contributed by atoms with Crippen LogP contribution in [-0.2, 0) is 42.8 Å². The maximum atomic E-state index is 12.4. The summed E-state index contributed by atoms with van der Waals surface area (Å²) in [6.07, 6.45) is 9.91. The highest BCUT2D eigenvalue weighted by Gasteiger charge is 2.59. The van der Waals surface area contributed by atoms with Crippen molar-refractivity contribution in [2.75, 3.05) is 20.8 Å². The molecule has 3 aliphatic heterocycles. The number of methoxy groups -OCH3 is 2. The average Bonchev–Trinajstić information content (AvgIpc) is 3.65. The number of hydrogen-bond donors (Lipinski definition) is 1. The van der Waals surface area contributed by atoms with E-state index in [9.17, 15) is 14.4 Å². The molecule has 0 aromatic heterocycles. The van der Waals surface area contributed by atoms with Gasteiger partial charge in [0.2, 0.25) is 5.91 Å². The van der Waals surface area contributed by atoms with E-state index in [2.05, 4.69) is 18.3 Å². The monoisotopic (exact) mass is 563 g/mol. The summed E-state index contributed by atoms with van der Waals surface area (Å²) in [6, 6.07) is -0.110. The molecule has 0 aromatic carbocycles. The summed E-state index contributed by atoms with van der Waals surface area (Å²) in [5.41, 5.74) is 0.646. The van der Waals surface area contributed by atoms with Gasteiger partial charge in [0.1, 0.15) is 23.9 Å². The van der Waals surface area contributed by atoms with Crippen LogP contribution in [0, 0.1) is 5.92 Å². The second kappa shape index (κ2) is 14.4. The van der Waals surface area contributed by atoms with Gasteiger partial charge in [-0.3, -0.25) is 14.4 Å². The van der Waals surface area contributed by atoms with Crippen molar-refractivity contribution >= 4 is 17.8 Å². The number of amides is 1. The molecule has 1 amide bonds. The van der Waals surface area contributed by atoms with Crippen molar-refractivity contribution in [1.82, 2.24) is 5.32 Å². The molecule has 10 heteroatoms. The Bertz CT molecular complexity index is 986. The van der Waals surface area contributed by atoms with Gasteiger partial charge in [0.05, 0.1) is 44.5 Å². The number of carbonyl (C=O) groups excluding carboxylic acids is 3. The maximum Gasteiger partial charge on any atom is 0.308 e. The van der Waals surface area contributed by atoms with Gasteiger partial charge < -0.3 is 33.7 Å². The van der Waals surface area contributed by atoms with E-state index in [4.69, 9.17) is 28.4 Å². The van der Waals surface area contributed by atoms with Crippen LogP contribution in [0.2, 0.25) is 0 Å². The quantitative estimate of drug-likeness (QED) is 0.175. The van der Waals surface area contributed by atoms with Crippen molar-refractivity contribution in [3.05, 3.63) is 36.0 Å². The normalized spacial score (nSPS) is 35.1. The Kier molecular flexibility index (Phi) is 11.5. The van der Waals surface area contributed by atoms with Gasteiger partial charge in [0.15, 0.2) is 0 Å². The van der Waals surface area contributed by atoms with Crippen molar-refractivity contribution in [3.8, 4) is 0 Å². The molecule has 0 aliphatic carbocycles. The Morgan fingerprint density at radius 3 is 2.48 bits per heavy atom. The van der Waals surface area contributed by atoms with E-state index in [1.54, 1.807) is 20.1 Å². The summed E-state index contributed by atoms with van der Waals surface area (Å²) in [5.74, 6) is -0.696. The molecule has 3 aliphatic rings. The lowest BCUT2D eigenvalue weighted by Gasteiger charge is -2.39. The second-order valence-electron chi connectivity index (χ2n) is 11.1.